The fraction of sp³-hybridized carbons (Fsp3) is 0.435. The van der Waals surface area contributed by atoms with E-state index >= 15 is 0 Å². The Morgan fingerprint density at radius 2 is 1.86 bits per heavy atom. The molecule has 1 aliphatic rings. The normalized spacial score (nSPS) is 19.0. The van der Waals surface area contributed by atoms with Crippen molar-refractivity contribution in [1.29, 1.82) is 0 Å². The van der Waals surface area contributed by atoms with Crippen molar-refractivity contribution in [2.24, 2.45) is 7.05 Å². The molecule has 200 valence electrons. The maximum absolute atomic E-state index is 14.8. The monoisotopic (exact) mass is 532 g/mol. The van der Waals surface area contributed by atoms with Gasteiger partial charge in [-0.05, 0) is 6.92 Å². The molecule has 1 N–H and O–H groups in total. The summed E-state index contributed by atoms with van der Waals surface area (Å²) in [5.41, 5.74) is -5.75. The molecule has 0 spiro atoms. The Balaban J connectivity index is 1.97. The first-order valence-electron chi connectivity index (χ1n) is 11.0. The molecule has 2 atom stereocenters. The molecular formula is C23H22F6N4O4. The van der Waals surface area contributed by atoms with Crippen molar-refractivity contribution in [1.82, 2.24) is 14.3 Å². The van der Waals surface area contributed by atoms with Crippen LogP contribution in [0, 0.1) is 5.82 Å². The molecule has 0 unspecified atom stereocenters. The van der Waals surface area contributed by atoms with Gasteiger partial charge in [0, 0.05) is 31.8 Å². The highest BCUT2D eigenvalue weighted by Crippen LogP contribution is 2.43. The number of hydrogen-bond acceptors (Lipinski definition) is 6. The number of nitrogens with one attached hydrogen (secondary N) is 1. The molecule has 37 heavy (non-hydrogen) atoms. The van der Waals surface area contributed by atoms with Crippen LogP contribution < -0.4 is 21.2 Å². The SMILES string of the molecule is COc1c(=O)n([C@@]2(C(F)(F)F)CCOC2)cc2c(N[C@H](C)c3cccc(C(F)F)c3F)nn(C)c(=O)c12. The molecule has 0 aliphatic carbocycles. The molecule has 1 aliphatic heterocycles. The molecule has 4 rings (SSSR count). The number of anilines is 1. The molecule has 2 aromatic heterocycles. The number of halogens is 6. The van der Waals surface area contributed by atoms with Crippen molar-refractivity contribution in [2.75, 3.05) is 25.6 Å². The minimum absolute atomic E-state index is 0.169. The summed E-state index contributed by atoms with van der Waals surface area (Å²) in [6, 6.07) is 2.40. The topological polar surface area (TPSA) is 87.4 Å². The summed E-state index contributed by atoms with van der Waals surface area (Å²) in [5, 5.41) is 6.26. The Morgan fingerprint density at radius 3 is 2.43 bits per heavy atom. The van der Waals surface area contributed by atoms with Crippen molar-refractivity contribution < 1.29 is 35.8 Å². The molecule has 0 amide bonds. The Bertz CT molecular complexity index is 1460. The highest BCUT2D eigenvalue weighted by molar-refractivity contribution is 5.94. The van der Waals surface area contributed by atoms with E-state index < -0.39 is 65.5 Å². The number of pyridine rings is 1. The van der Waals surface area contributed by atoms with Crippen LogP contribution in [0.3, 0.4) is 0 Å². The van der Waals surface area contributed by atoms with Crippen molar-refractivity contribution in [3.8, 4) is 5.75 Å². The summed E-state index contributed by atoms with van der Waals surface area (Å²) >= 11 is 0. The molecule has 8 nitrogen and oxygen atoms in total. The second kappa shape index (κ2) is 9.39. The zero-order valence-corrected chi connectivity index (χ0v) is 19.8. The maximum atomic E-state index is 14.8. The molecular weight excluding hydrogens is 510 g/mol. The van der Waals surface area contributed by atoms with E-state index in [2.05, 4.69) is 10.4 Å². The van der Waals surface area contributed by atoms with Crippen LogP contribution in [0.5, 0.6) is 5.75 Å². The molecule has 14 heteroatoms. The lowest BCUT2D eigenvalue weighted by Crippen LogP contribution is -2.52. The van der Waals surface area contributed by atoms with Gasteiger partial charge in [-0.2, -0.15) is 18.3 Å². The van der Waals surface area contributed by atoms with E-state index in [9.17, 15) is 35.9 Å². The molecule has 3 aromatic rings. The van der Waals surface area contributed by atoms with Gasteiger partial charge in [-0.3, -0.25) is 14.2 Å². The van der Waals surface area contributed by atoms with Crippen LogP contribution >= 0.6 is 0 Å². The summed E-state index contributed by atoms with van der Waals surface area (Å²) in [4.78, 5) is 26.1. The second-order valence-corrected chi connectivity index (χ2v) is 8.65. The van der Waals surface area contributed by atoms with Gasteiger partial charge in [-0.25, -0.2) is 17.9 Å². The van der Waals surface area contributed by atoms with Gasteiger partial charge >= 0.3 is 6.18 Å². The minimum atomic E-state index is -4.90. The number of ether oxygens (including phenoxy) is 2. The highest BCUT2D eigenvalue weighted by Gasteiger charge is 2.59. The number of methoxy groups -OCH3 is 1. The van der Waals surface area contributed by atoms with E-state index in [1.165, 1.54) is 26.1 Å². The molecule has 1 aromatic carbocycles. The summed E-state index contributed by atoms with van der Waals surface area (Å²) < 4.78 is 95.3. The van der Waals surface area contributed by atoms with Crippen molar-refractivity contribution in [3.05, 3.63) is 62.0 Å². The zero-order valence-electron chi connectivity index (χ0n) is 19.8. The predicted octanol–water partition coefficient (Wildman–Crippen LogP) is 4.03. The molecule has 0 saturated carbocycles. The third kappa shape index (κ3) is 4.22. The molecule has 1 fully saturated rings. The van der Waals surface area contributed by atoms with E-state index in [1.54, 1.807) is 0 Å². The third-order valence-electron chi connectivity index (χ3n) is 6.49. The highest BCUT2D eigenvalue weighted by atomic mass is 19.4. The van der Waals surface area contributed by atoms with Crippen LogP contribution in [0.2, 0.25) is 0 Å². The average Bonchev–Trinajstić information content (AvgIpc) is 3.33. The Labute approximate surface area is 205 Å². The minimum Gasteiger partial charge on any atom is -0.490 e. The Kier molecular flexibility index (Phi) is 6.73. The largest absolute Gasteiger partial charge is 0.490 e. The molecule has 0 radical (unpaired) electrons. The number of benzene rings is 1. The van der Waals surface area contributed by atoms with Gasteiger partial charge < -0.3 is 14.8 Å². The van der Waals surface area contributed by atoms with Crippen molar-refractivity contribution in [3.63, 3.8) is 0 Å². The van der Waals surface area contributed by atoms with Crippen LogP contribution in [0.25, 0.3) is 10.8 Å². The lowest BCUT2D eigenvalue weighted by molar-refractivity contribution is -0.214. The Morgan fingerprint density at radius 1 is 1.19 bits per heavy atom. The maximum Gasteiger partial charge on any atom is 0.414 e. The first-order valence-corrected chi connectivity index (χ1v) is 11.0. The molecule has 3 heterocycles. The number of aryl methyl sites for hydroxylation is 1. The van der Waals surface area contributed by atoms with Crippen LogP contribution in [0.4, 0.5) is 32.2 Å². The summed E-state index contributed by atoms with van der Waals surface area (Å²) in [7, 11) is 2.27. The first kappa shape index (κ1) is 26.5. The number of nitrogens with zero attached hydrogens (tertiary/aromatic N) is 3. The Hall–Kier alpha value is -3.55. The second-order valence-electron chi connectivity index (χ2n) is 8.65. The quantitative estimate of drug-likeness (QED) is 0.483. The van der Waals surface area contributed by atoms with E-state index in [1.807, 2.05) is 0 Å². The van der Waals surface area contributed by atoms with Crippen molar-refractivity contribution >= 4 is 16.6 Å². The first-order chi connectivity index (χ1) is 17.3. The third-order valence-corrected chi connectivity index (χ3v) is 6.49. The molecule has 1 saturated heterocycles. The summed E-state index contributed by atoms with van der Waals surface area (Å²) in [6.07, 6.45) is -7.69. The summed E-state index contributed by atoms with van der Waals surface area (Å²) in [6.45, 7) is 0.318. The van der Waals surface area contributed by atoms with Gasteiger partial charge in [-0.15, -0.1) is 0 Å². The molecule has 0 bridgehead atoms. The van der Waals surface area contributed by atoms with Crippen LogP contribution in [-0.2, 0) is 17.3 Å². The summed E-state index contributed by atoms with van der Waals surface area (Å²) in [5.74, 6) is -2.01. The number of hydrogen-bond donors (Lipinski definition) is 1. The lowest BCUT2D eigenvalue weighted by Gasteiger charge is -2.33. The number of rotatable bonds is 6. The predicted molar refractivity (Wildman–Crippen MR) is 121 cm³/mol. The van der Waals surface area contributed by atoms with Crippen LogP contribution in [0.15, 0.2) is 34.0 Å². The van der Waals surface area contributed by atoms with E-state index in [4.69, 9.17) is 9.47 Å². The fourth-order valence-corrected chi connectivity index (χ4v) is 4.47. The fourth-order valence-electron chi connectivity index (χ4n) is 4.47. The number of fused-ring (bicyclic) bond motifs is 1. The smallest absolute Gasteiger partial charge is 0.414 e. The van der Waals surface area contributed by atoms with E-state index in [0.29, 0.717) is 4.57 Å². The van der Waals surface area contributed by atoms with Gasteiger partial charge in [0.2, 0.25) is 0 Å². The van der Waals surface area contributed by atoms with E-state index in [-0.39, 0.29) is 28.8 Å². The van der Waals surface area contributed by atoms with Crippen LogP contribution in [0.1, 0.15) is 36.9 Å². The average molecular weight is 532 g/mol. The van der Waals surface area contributed by atoms with Crippen molar-refractivity contribution in [2.45, 2.75) is 37.5 Å². The number of alkyl halides is 5. The van der Waals surface area contributed by atoms with E-state index in [0.717, 1.165) is 24.1 Å². The van der Waals surface area contributed by atoms with Gasteiger partial charge in [0.1, 0.15) is 11.2 Å². The zero-order chi connectivity index (χ0) is 27.3. The standard InChI is InChI=1S/C23H22F6N4O4/c1-11(12-5-4-6-13(16(12)24)18(25)26)30-19-14-9-33(22(23(27,28)29)7-8-37-10-22)21(35)17(36-3)15(14)20(34)32(2)31-19/h4-6,9,11,18H,7-8,10H2,1-3H3,(H,30,31)/t11-,22+/m1/s1. The number of aromatic nitrogens is 3. The van der Waals surface area contributed by atoms with Gasteiger partial charge in [0.25, 0.3) is 17.5 Å². The lowest BCUT2D eigenvalue weighted by atomic mass is 9.96. The van der Waals surface area contributed by atoms with Gasteiger partial charge in [0.15, 0.2) is 17.1 Å². The van der Waals surface area contributed by atoms with Gasteiger partial charge in [0.05, 0.1) is 30.7 Å². The van der Waals surface area contributed by atoms with Gasteiger partial charge in [-0.1, -0.05) is 18.2 Å². The van der Waals surface area contributed by atoms with Crippen LogP contribution in [-0.4, -0.2) is 40.8 Å².